The van der Waals surface area contributed by atoms with Crippen LogP contribution >= 0.6 is 11.6 Å². The van der Waals surface area contributed by atoms with Crippen LogP contribution in [0.2, 0.25) is 5.02 Å². The first-order valence-electron chi connectivity index (χ1n) is 6.42. The number of halogens is 1. The molecule has 0 aliphatic rings. The molecule has 5 nitrogen and oxygen atoms in total. The Kier molecular flexibility index (Phi) is 5.98. The Labute approximate surface area is 123 Å². The first kappa shape index (κ1) is 16.5. The van der Waals surface area contributed by atoms with E-state index in [-0.39, 0.29) is 18.9 Å². The summed E-state index contributed by atoms with van der Waals surface area (Å²) in [5.74, 6) is -1.14. The fourth-order valence-electron chi connectivity index (χ4n) is 1.58. The number of benzene rings is 1. The molecule has 0 saturated heterocycles. The molecule has 6 heteroatoms. The number of hydrogen-bond donors (Lipinski definition) is 3. The van der Waals surface area contributed by atoms with Gasteiger partial charge in [0, 0.05) is 13.0 Å². The minimum atomic E-state index is -1.01. The molecule has 3 N–H and O–H groups in total. The molecule has 1 amide bonds. The van der Waals surface area contributed by atoms with Crippen LogP contribution in [0.3, 0.4) is 0 Å². The number of aliphatic carboxylic acids is 1. The van der Waals surface area contributed by atoms with Gasteiger partial charge < -0.3 is 15.7 Å². The summed E-state index contributed by atoms with van der Waals surface area (Å²) in [6.07, 6.45) is 0.614. The highest BCUT2D eigenvalue weighted by Gasteiger charge is 2.30. The molecule has 0 saturated carbocycles. The predicted octanol–water partition coefficient (Wildman–Crippen LogP) is 2.51. The van der Waals surface area contributed by atoms with Gasteiger partial charge in [-0.25, -0.2) is 0 Å². The summed E-state index contributed by atoms with van der Waals surface area (Å²) in [6.45, 7) is 3.67. The van der Waals surface area contributed by atoms with E-state index in [1.54, 1.807) is 38.1 Å². The highest BCUT2D eigenvalue weighted by Crippen LogP contribution is 2.20. The maximum atomic E-state index is 11.8. The lowest BCUT2D eigenvalue weighted by atomic mass is 9.99. The van der Waals surface area contributed by atoms with Crippen molar-refractivity contribution in [3.63, 3.8) is 0 Å². The number of nitrogens with one attached hydrogen (secondary N) is 2. The molecule has 0 fully saturated rings. The van der Waals surface area contributed by atoms with Crippen molar-refractivity contribution in [1.29, 1.82) is 0 Å². The second-order valence-corrected chi connectivity index (χ2v) is 5.10. The molecule has 0 spiro atoms. The molecule has 0 aliphatic carbocycles. The molecule has 1 aromatic carbocycles. The average molecular weight is 299 g/mol. The topological polar surface area (TPSA) is 78.4 Å². The van der Waals surface area contributed by atoms with Crippen LogP contribution in [-0.4, -0.2) is 29.1 Å². The van der Waals surface area contributed by atoms with E-state index in [0.717, 1.165) is 0 Å². The van der Waals surface area contributed by atoms with Crippen LogP contribution in [0.25, 0.3) is 0 Å². The van der Waals surface area contributed by atoms with Gasteiger partial charge in [-0.2, -0.15) is 0 Å². The third-order valence-electron chi connectivity index (χ3n) is 3.19. The van der Waals surface area contributed by atoms with E-state index >= 15 is 0 Å². The fraction of sp³-hybridized carbons (Fsp3) is 0.429. The van der Waals surface area contributed by atoms with Gasteiger partial charge in [-0.05, 0) is 25.5 Å². The van der Waals surface area contributed by atoms with E-state index in [2.05, 4.69) is 10.6 Å². The molecule has 1 aromatic rings. The van der Waals surface area contributed by atoms with E-state index in [9.17, 15) is 9.59 Å². The first-order valence-corrected chi connectivity index (χ1v) is 6.79. The Bertz CT molecular complexity index is 493. The summed E-state index contributed by atoms with van der Waals surface area (Å²) >= 11 is 5.93. The van der Waals surface area contributed by atoms with Crippen LogP contribution in [0, 0.1) is 0 Å². The summed E-state index contributed by atoms with van der Waals surface area (Å²) < 4.78 is 0. The van der Waals surface area contributed by atoms with Gasteiger partial charge in [0.25, 0.3) is 0 Å². The molecule has 0 bridgehead atoms. The molecule has 110 valence electrons. The van der Waals surface area contributed by atoms with Gasteiger partial charge in [0.1, 0.15) is 5.54 Å². The summed E-state index contributed by atoms with van der Waals surface area (Å²) in [4.78, 5) is 22.8. The summed E-state index contributed by atoms with van der Waals surface area (Å²) in [7, 11) is 0. The summed E-state index contributed by atoms with van der Waals surface area (Å²) in [6, 6.07) is 6.95. The van der Waals surface area contributed by atoms with Crippen molar-refractivity contribution in [2.75, 3.05) is 11.9 Å². The SMILES string of the molecule is CCC(C)(NCCC(=O)Nc1ccccc1Cl)C(=O)O. The number of carbonyl (C=O) groups is 2. The molecule has 1 unspecified atom stereocenters. The third-order valence-corrected chi connectivity index (χ3v) is 3.52. The van der Waals surface area contributed by atoms with Crippen LogP contribution in [0.4, 0.5) is 5.69 Å². The zero-order valence-electron chi connectivity index (χ0n) is 11.6. The van der Waals surface area contributed by atoms with E-state index in [4.69, 9.17) is 16.7 Å². The van der Waals surface area contributed by atoms with Crippen LogP contribution in [0.1, 0.15) is 26.7 Å². The second-order valence-electron chi connectivity index (χ2n) is 4.70. The molecular weight excluding hydrogens is 280 g/mol. The van der Waals surface area contributed by atoms with Gasteiger partial charge in [-0.3, -0.25) is 9.59 Å². The van der Waals surface area contributed by atoms with Gasteiger partial charge in [0.15, 0.2) is 0 Å². The van der Waals surface area contributed by atoms with Crippen LogP contribution in [0.5, 0.6) is 0 Å². The van der Waals surface area contributed by atoms with E-state index in [0.29, 0.717) is 17.1 Å². The fourth-order valence-corrected chi connectivity index (χ4v) is 1.76. The highest BCUT2D eigenvalue weighted by atomic mass is 35.5. The van der Waals surface area contributed by atoms with Crippen molar-refractivity contribution in [2.24, 2.45) is 0 Å². The van der Waals surface area contributed by atoms with Gasteiger partial charge in [0.2, 0.25) is 5.91 Å². The van der Waals surface area contributed by atoms with Gasteiger partial charge in [-0.1, -0.05) is 30.7 Å². The first-order chi connectivity index (χ1) is 9.39. The van der Waals surface area contributed by atoms with Crippen molar-refractivity contribution in [3.05, 3.63) is 29.3 Å². The Balaban J connectivity index is 2.45. The summed E-state index contributed by atoms with van der Waals surface area (Å²) in [5.41, 5.74) is -0.458. The minimum absolute atomic E-state index is 0.175. The van der Waals surface area contributed by atoms with E-state index in [1.165, 1.54) is 0 Å². The normalized spacial score (nSPS) is 13.6. The van der Waals surface area contributed by atoms with Gasteiger partial charge >= 0.3 is 5.97 Å². The van der Waals surface area contributed by atoms with Crippen LogP contribution in [-0.2, 0) is 9.59 Å². The lowest BCUT2D eigenvalue weighted by Gasteiger charge is -2.24. The molecule has 0 aliphatic heterocycles. The molecule has 0 heterocycles. The summed E-state index contributed by atoms with van der Waals surface area (Å²) in [5, 5.41) is 15.1. The van der Waals surface area contributed by atoms with Crippen molar-refractivity contribution in [1.82, 2.24) is 5.32 Å². The number of carbonyl (C=O) groups excluding carboxylic acids is 1. The maximum Gasteiger partial charge on any atom is 0.323 e. The van der Waals surface area contributed by atoms with Crippen LogP contribution < -0.4 is 10.6 Å². The maximum absolute atomic E-state index is 11.8. The minimum Gasteiger partial charge on any atom is -0.480 e. The smallest absolute Gasteiger partial charge is 0.323 e. The number of rotatable bonds is 7. The number of hydrogen-bond acceptors (Lipinski definition) is 3. The monoisotopic (exact) mass is 298 g/mol. The largest absolute Gasteiger partial charge is 0.480 e. The zero-order valence-corrected chi connectivity index (χ0v) is 12.3. The molecular formula is C14H19ClN2O3. The molecule has 0 aromatic heterocycles. The highest BCUT2D eigenvalue weighted by molar-refractivity contribution is 6.33. The van der Waals surface area contributed by atoms with Gasteiger partial charge in [-0.15, -0.1) is 0 Å². The number of carboxylic acids is 1. The number of amides is 1. The predicted molar refractivity (Wildman–Crippen MR) is 79.0 cm³/mol. The quantitative estimate of drug-likeness (QED) is 0.723. The Hall–Kier alpha value is -1.59. The van der Waals surface area contributed by atoms with Gasteiger partial charge in [0.05, 0.1) is 10.7 Å². The second kappa shape index (κ2) is 7.26. The lowest BCUT2D eigenvalue weighted by Crippen LogP contribution is -2.49. The molecule has 0 radical (unpaired) electrons. The van der Waals surface area contributed by atoms with Crippen molar-refractivity contribution in [2.45, 2.75) is 32.2 Å². The number of anilines is 1. The Morgan fingerprint density at radius 3 is 2.55 bits per heavy atom. The van der Waals surface area contributed by atoms with Crippen LogP contribution in [0.15, 0.2) is 24.3 Å². The zero-order chi connectivity index (χ0) is 15.2. The Morgan fingerprint density at radius 1 is 1.35 bits per heavy atom. The number of carboxylic acid groups (broad SMARTS) is 1. The third kappa shape index (κ3) is 4.51. The number of para-hydroxylation sites is 1. The van der Waals surface area contributed by atoms with E-state index in [1.807, 2.05) is 0 Å². The van der Waals surface area contributed by atoms with Crippen molar-refractivity contribution >= 4 is 29.2 Å². The van der Waals surface area contributed by atoms with Crippen molar-refractivity contribution in [3.8, 4) is 0 Å². The van der Waals surface area contributed by atoms with Crippen molar-refractivity contribution < 1.29 is 14.7 Å². The Morgan fingerprint density at radius 2 is 2.00 bits per heavy atom. The molecule has 1 rings (SSSR count). The standard InChI is InChI=1S/C14H19ClN2O3/c1-3-14(2,13(19)20)16-9-8-12(18)17-11-7-5-4-6-10(11)15/h4-7,16H,3,8-9H2,1-2H3,(H,17,18)(H,19,20). The van der Waals surface area contributed by atoms with E-state index < -0.39 is 11.5 Å². The molecule has 20 heavy (non-hydrogen) atoms. The average Bonchev–Trinajstić information content (AvgIpc) is 2.41. The molecule has 1 atom stereocenters. The lowest BCUT2D eigenvalue weighted by molar-refractivity contribution is -0.144.